The Hall–Kier alpha value is -2.66. The third kappa shape index (κ3) is 4.20. The summed E-state index contributed by atoms with van der Waals surface area (Å²) in [6.45, 7) is 2.91. The van der Waals surface area contributed by atoms with Crippen molar-refractivity contribution in [1.29, 1.82) is 0 Å². The maximum Gasteiger partial charge on any atom is 0.261 e. The molecule has 8 nitrogen and oxygen atoms in total. The minimum atomic E-state index is -2.60. The fraction of sp³-hybridized carbons (Fsp3) is 0.444. The molecule has 1 aliphatic heterocycles. The Labute approximate surface area is 169 Å². The number of rotatable bonds is 6. The highest BCUT2D eigenvalue weighted by Gasteiger charge is 2.21. The standard InChI is InChI=1S/C18H20F2N6O2S/c1-28-10-16-22-18(29-23-16)25-6-4-24(5-7-25)12-2-3-13-14(8-12)21-11-26(17(13)27)9-15(19)20/h2-3,8,11,15H,4-7,9-10H2,1H3. The van der Waals surface area contributed by atoms with Gasteiger partial charge in [-0.15, -0.1) is 0 Å². The molecule has 0 aliphatic carbocycles. The third-order valence-electron chi connectivity index (χ3n) is 4.79. The molecular formula is C18H20F2N6O2S. The number of alkyl halides is 2. The molecule has 1 saturated heterocycles. The molecule has 0 bridgehead atoms. The lowest BCUT2D eigenvalue weighted by Crippen LogP contribution is -2.46. The van der Waals surface area contributed by atoms with E-state index in [1.54, 1.807) is 13.2 Å². The van der Waals surface area contributed by atoms with Crippen molar-refractivity contribution in [2.75, 3.05) is 43.1 Å². The third-order valence-corrected chi connectivity index (χ3v) is 5.60. The Bertz CT molecular complexity index is 1050. The number of anilines is 2. The molecule has 11 heteroatoms. The number of nitrogens with zero attached hydrogens (tertiary/aromatic N) is 6. The number of ether oxygens (including phenoxy) is 1. The Morgan fingerprint density at radius 2 is 1.97 bits per heavy atom. The fourth-order valence-electron chi connectivity index (χ4n) is 3.34. The molecule has 0 unspecified atom stereocenters. The minimum absolute atomic E-state index is 0.343. The first kappa shape index (κ1) is 19.6. The van der Waals surface area contributed by atoms with E-state index in [2.05, 4.69) is 24.1 Å². The van der Waals surface area contributed by atoms with E-state index in [-0.39, 0.29) is 0 Å². The summed E-state index contributed by atoms with van der Waals surface area (Å²) in [6.07, 6.45) is -1.41. The summed E-state index contributed by atoms with van der Waals surface area (Å²) in [5, 5.41) is 1.23. The lowest BCUT2D eigenvalue weighted by atomic mass is 10.2. The summed E-state index contributed by atoms with van der Waals surface area (Å²) in [5.41, 5.74) is 1.01. The Balaban J connectivity index is 1.47. The molecule has 4 rings (SSSR count). The SMILES string of the molecule is COCc1nsc(N2CCN(c3ccc4c(=O)n(CC(F)F)cnc4c3)CC2)n1. The van der Waals surface area contributed by atoms with Crippen LogP contribution in [0, 0.1) is 0 Å². The molecule has 0 amide bonds. The molecule has 0 atom stereocenters. The molecule has 1 aromatic carbocycles. The molecule has 0 saturated carbocycles. The van der Waals surface area contributed by atoms with Gasteiger partial charge in [-0.2, -0.15) is 4.37 Å². The summed E-state index contributed by atoms with van der Waals surface area (Å²) >= 11 is 1.37. The van der Waals surface area contributed by atoms with Crippen molar-refractivity contribution in [2.45, 2.75) is 19.6 Å². The van der Waals surface area contributed by atoms with E-state index in [9.17, 15) is 13.6 Å². The van der Waals surface area contributed by atoms with E-state index in [1.165, 1.54) is 17.9 Å². The molecule has 1 fully saturated rings. The van der Waals surface area contributed by atoms with Gasteiger partial charge < -0.3 is 14.5 Å². The number of fused-ring (bicyclic) bond motifs is 1. The highest BCUT2D eigenvalue weighted by atomic mass is 32.1. The van der Waals surface area contributed by atoms with Gasteiger partial charge in [0.2, 0.25) is 5.13 Å². The van der Waals surface area contributed by atoms with Gasteiger partial charge in [0.05, 0.1) is 23.8 Å². The normalized spacial score (nSPS) is 14.9. The maximum absolute atomic E-state index is 12.6. The number of hydrogen-bond donors (Lipinski definition) is 0. The van der Waals surface area contributed by atoms with Gasteiger partial charge in [0.1, 0.15) is 6.61 Å². The first-order chi connectivity index (χ1) is 14.0. The van der Waals surface area contributed by atoms with Crippen LogP contribution in [0.2, 0.25) is 0 Å². The van der Waals surface area contributed by atoms with Gasteiger partial charge in [-0.25, -0.2) is 18.7 Å². The van der Waals surface area contributed by atoms with E-state index in [0.29, 0.717) is 23.3 Å². The molecule has 0 spiro atoms. The monoisotopic (exact) mass is 422 g/mol. The second-order valence-corrected chi connectivity index (χ2v) is 7.43. The smallest absolute Gasteiger partial charge is 0.261 e. The zero-order chi connectivity index (χ0) is 20.4. The largest absolute Gasteiger partial charge is 0.377 e. The van der Waals surface area contributed by atoms with Crippen LogP contribution in [0.1, 0.15) is 5.82 Å². The number of benzene rings is 1. The Morgan fingerprint density at radius 1 is 1.21 bits per heavy atom. The van der Waals surface area contributed by atoms with Crippen LogP contribution in [0.25, 0.3) is 10.9 Å². The van der Waals surface area contributed by atoms with Crippen LogP contribution in [0.5, 0.6) is 0 Å². The lowest BCUT2D eigenvalue weighted by Gasteiger charge is -2.35. The molecule has 0 radical (unpaired) electrons. The molecular weight excluding hydrogens is 402 g/mol. The van der Waals surface area contributed by atoms with Gasteiger partial charge in [0.25, 0.3) is 12.0 Å². The van der Waals surface area contributed by atoms with Crippen molar-refractivity contribution in [3.05, 3.63) is 40.7 Å². The molecule has 0 N–H and O–H groups in total. The predicted molar refractivity (Wildman–Crippen MR) is 107 cm³/mol. The van der Waals surface area contributed by atoms with Crippen molar-refractivity contribution in [2.24, 2.45) is 0 Å². The maximum atomic E-state index is 12.6. The average Bonchev–Trinajstić information content (AvgIpc) is 3.19. The van der Waals surface area contributed by atoms with Crippen molar-refractivity contribution in [3.8, 4) is 0 Å². The fourth-order valence-corrected chi connectivity index (χ4v) is 4.06. The second-order valence-electron chi connectivity index (χ2n) is 6.69. The average molecular weight is 422 g/mol. The van der Waals surface area contributed by atoms with Crippen molar-refractivity contribution in [3.63, 3.8) is 0 Å². The number of halogens is 2. The zero-order valence-corrected chi connectivity index (χ0v) is 16.6. The van der Waals surface area contributed by atoms with Gasteiger partial charge in [-0.1, -0.05) is 0 Å². The number of piperazine rings is 1. The van der Waals surface area contributed by atoms with Gasteiger partial charge >= 0.3 is 0 Å². The van der Waals surface area contributed by atoms with Crippen LogP contribution in [-0.2, 0) is 17.9 Å². The van der Waals surface area contributed by atoms with Crippen LogP contribution in [0.4, 0.5) is 19.6 Å². The quantitative estimate of drug-likeness (QED) is 0.601. The first-order valence-electron chi connectivity index (χ1n) is 9.14. The Kier molecular flexibility index (Phi) is 5.67. The van der Waals surface area contributed by atoms with Gasteiger partial charge in [-0.05, 0) is 18.2 Å². The Morgan fingerprint density at radius 3 is 2.69 bits per heavy atom. The van der Waals surface area contributed by atoms with Gasteiger partial charge in [-0.3, -0.25) is 9.36 Å². The zero-order valence-electron chi connectivity index (χ0n) is 15.8. The molecule has 1 aliphatic rings. The summed E-state index contributed by atoms with van der Waals surface area (Å²) in [4.78, 5) is 25.4. The minimum Gasteiger partial charge on any atom is -0.377 e. The number of aromatic nitrogens is 4. The summed E-state index contributed by atoms with van der Waals surface area (Å²) < 4.78 is 35.5. The van der Waals surface area contributed by atoms with E-state index < -0.39 is 18.5 Å². The summed E-state index contributed by atoms with van der Waals surface area (Å²) in [7, 11) is 1.62. The summed E-state index contributed by atoms with van der Waals surface area (Å²) in [6, 6.07) is 5.34. The van der Waals surface area contributed by atoms with Gasteiger partial charge in [0, 0.05) is 50.5 Å². The van der Waals surface area contributed by atoms with E-state index in [0.717, 1.165) is 41.6 Å². The van der Waals surface area contributed by atoms with E-state index in [1.807, 2.05) is 12.1 Å². The highest BCUT2D eigenvalue weighted by Crippen LogP contribution is 2.24. The van der Waals surface area contributed by atoms with Crippen LogP contribution in [0.3, 0.4) is 0 Å². The number of methoxy groups -OCH3 is 1. The number of hydrogen-bond acceptors (Lipinski definition) is 8. The second kappa shape index (κ2) is 8.37. The van der Waals surface area contributed by atoms with Crippen molar-refractivity contribution >= 4 is 33.3 Å². The molecule has 2 aromatic heterocycles. The van der Waals surface area contributed by atoms with Crippen molar-refractivity contribution < 1.29 is 13.5 Å². The first-order valence-corrected chi connectivity index (χ1v) is 9.91. The molecule has 3 heterocycles. The highest BCUT2D eigenvalue weighted by molar-refractivity contribution is 7.09. The molecule has 154 valence electrons. The van der Waals surface area contributed by atoms with Gasteiger partial charge in [0.15, 0.2) is 5.82 Å². The van der Waals surface area contributed by atoms with E-state index >= 15 is 0 Å². The predicted octanol–water partition coefficient (Wildman–Crippen LogP) is 1.99. The van der Waals surface area contributed by atoms with Crippen molar-refractivity contribution in [1.82, 2.24) is 18.9 Å². The lowest BCUT2D eigenvalue weighted by molar-refractivity contribution is 0.125. The van der Waals surface area contributed by atoms with Crippen LogP contribution >= 0.6 is 11.5 Å². The van der Waals surface area contributed by atoms with Crippen LogP contribution in [-0.4, -0.2) is 58.6 Å². The molecule has 29 heavy (non-hydrogen) atoms. The van der Waals surface area contributed by atoms with Crippen LogP contribution < -0.4 is 15.4 Å². The topological polar surface area (TPSA) is 76.4 Å². The molecule has 3 aromatic rings. The summed E-state index contributed by atoms with van der Waals surface area (Å²) in [5.74, 6) is 0.688. The van der Waals surface area contributed by atoms with Crippen LogP contribution in [0.15, 0.2) is 29.3 Å². The van der Waals surface area contributed by atoms with E-state index in [4.69, 9.17) is 4.74 Å².